The SMILES string of the molecule is O=C(O)CCN(CCCl)CCC(=O)O. The van der Waals surface area contributed by atoms with E-state index in [2.05, 4.69) is 0 Å². The van der Waals surface area contributed by atoms with Crippen molar-refractivity contribution in [1.29, 1.82) is 0 Å². The van der Waals surface area contributed by atoms with Crippen LogP contribution in [0.1, 0.15) is 12.8 Å². The second-order valence-electron chi connectivity index (χ2n) is 2.82. The predicted molar refractivity (Wildman–Crippen MR) is 51.7 cm³/mol. The van der Waals surface area contributed by atoms with Crippen LogP contribution in [0.2, 0.25) is 0 Å². The molecule has 0 bridgehead atoms. The Morgan fingerprint density at radius 2 is 1.43 bits per heavy atom. The van der Waals surface area contributed by atoms with Crippen molar-refractivity contribution in [2.24, 2.45) is 0 Å². The Labute approximate surface area is 87.3 Å². The average molecular weight is 224 g/mol. The number of alkyl halides is 1. The monoisotopic (exact) mass is 223 g/mol. The van der Waals surface area contributed by atoms with Crippen molar-refractivity contribution in [3.8, 4) is 0 Å². The molecule has 0 unspecified atom stereocenters. The number of hydrogen-bond acceptors (Lipinski definition) is 3. The molecule has 0 aliphatic rings. The molecule has 0 aliphatic heterocycles. The van der Waals surface area contributed by atoms with Gasteiger partial charge in [-0.05, 0) is 0 Å². The van der Waals surface area contributed by atoms with Crippen LogP contribution >= 0.6 is 11.6 Å². The van der Waals surface area contributed by atoms with Crippen LogP contribution in [0.5, 0.6) is 0 Å². The number of nitrogens with zero attached hydrogens (tertiary/aromatic N) is 1. The first-order valence-electron chi connectivity index (χ1n) is 4.28. The normalized spacial score (nSPS) is 10.4. The molecule has 0 aliphatic carbocycles. The molecule has 14 heavy (non-hydrogen) atoms. The van der Waals surface area contributed by atoms with Crippen LogP contribution in [0.15, 0.2) is 0 Å². The van der Waals surface area contributed by atoms with E-state index in [1.807, 2.05) is 0 Å². The molecule has 0 heterocycles. The molecule has 0 atom stereocenters. The summed E-state index contributed by atoms with van der Waals surface area (Å²) in [5.41, 5.74) is 0. The zero-order chi connectivity index (χ0) is 11.0. The molecule has 0 aromatic carbocycles. The van der Waals surface area contributed by atoms with E-state index >= 15 is 0 Å². The molecular weight excluding hydrogens is 210 g/mol. The Morgan fingerprint density at radius 3 is 1.71 bits per heavy atom. The van der Waals surface area contributed by atoms with Gasteiger partial charge in [0.2, 0.25) is 0 Å². The Bertz CT molecular complexity index is 180. The number of carboxylic acids is 2. The molecule has 0 amide bonds. The second-order valence-corrected chi connectivity index (χ2v) is 3.20. The molecule has 2 N–H and O–H groups in total. The fraction of sp³-hybridized carbons (Fsp3) is 0.750. The third-order valence-electron chi connectivity index (χ3n) is 1.68. The number of halogens is 1. The fourth-order valence-electron chi connectivity index (χ4n) is 0.962. The molecule has 0 saturated heterocycles. The predicted octanol–water partition coefficient (Wildman–Crippen LogP) is 0.477. The van der Waals surface area contributed by atoms with Gasteiger partial charge in [-0.1, -0.05) is 0 Å². The van der Waals surface area contributed by atoms with Crippen molar-refractivity contribution in [2.75, 3.05) is 25.5 Å². The number of aliphatic carboxylic acids is 2. The van der Waals surface area contributed by atoms with Gasteiger partial charge in [-0.2, -0.15) is 0 Å². The standard InChI is InChI=1S/C8H14ClNO4/c9-3-6-10(4-1-7(11)12)5-2-8(13)14/h1-6H2,(H,11,12)(H,13,14). The summed E-state index contributed by atoms with van der Waals surface area (Å²) in [6, 6.07) is 0. The number of carboxylic acid groups (broad SMARTS) is 2. The van der Waals surface area contributed by atoms with Gasteiger partial charge in [0.05, 0.1) is 12.8 Å². The molecule has 0 radical (unpaired) electrons. The highest BCUT2D eigenvalue weighted by Crippen LogP contribution is 1.96. The van der Waals surface area contributed by atoms with E-state index in [1.54, 1.807) is 4.90 Å². The smallest absolute Gasteiger partial charge is 0.304 e. The van der Waals surface area contributed by atoms with E-state index in [-0.39, 0.29) is 12.8 Å². The van der Waals surface area contributed by atoms with E-state index in [4.69, 9.17) is 21.8 Å². The number of hydrogen-bond donors (Lipinski definition) is 2. The quantitative estimate of drug-likeness (QED) is 0.585. The second kappa shape index (κ2) is 7.58. The summed E-state index contributed by atoms with van der Waals surface area (Å²) in [6.45, 7) is 1.20. The molecule has 0 aromatic heterocycles. The van der Waals surface area contributed by atoms with Gasteiger partial charge in [0.25, 0.3) is 0 Å². The molecule has 0 saturated carbocycles. The third kappa shape index (κ3) is 7.82. The van der Waals surface area contributed by atoms with E-state index in [0.29, 0.717) is 25.5 Å². The maximum Gasteiger partial charge on any atom is 0.304 e. The van der Waals surface area contributed by atoms with Crippen molar-refractivity contribution in [3.05, 3.63) is 0 Å². The van der Waals surface area contributed by atoms with E-state index in [1.165, 1.54) is 0 Å². The molecule has 82 valence electrons. The lowest BCUT2D eigenvalue weighted by molar-refractivity contribution is -0.137. The van der Waals surface area contributed by atoms with Gasteiger partial charge in [0.15, 0.2) is 0 Å². The minimum Gasteiger partial charge on any atom is -0.481 e. The van der Waals surface area contributed by atoms with Crippen LogP contribution in [0.25, 0.3) is 0 Å². The zero-order valence-corrected chi connectivity index (χ0v) is 8.53. The van der Waals surface area contributed by atoms with E-state index < -0.39 is 11.9 Å². The molecule has 0 fully saturated rings. The minimum absolute atomic E-state index is 0.0104. The van der Waals surface area contributed by atoms with Crippen LogP contribution < -0.4 is 0 Å². The number of rotatable bonds is 8. The van der Waals surface area contributed by atoms with Crippen molar-refractivity contribution in [2.45, 2.75) is 12.8 Å². The van der Waals surface area contributed by atoms with Gasteiger partial charge in [0.1, 0.15) is 0 Å². The van der Waals surface area contributed by atoms with Crippen LogP contribution in [0.4, 0.5) is 0 Å². The molecule has 0 rings (SSSR count). The third-order valence-corrected chi connectivity index (χ3v) is 1.85. The van der Waals surface area contributed by atoms with Gasteiger partial charge < -0.3 is 15.1 Å². The largest absolute Gasteiger partial charge is 0.481 e. The Morgan fingerprint density at radius 1 is 1.00 bits per heavy atom. The fourth-order valence-corrected chi connectivity index (χ4v) is 1.20. The van der Waals surface area contributed by atoms with Gasteiger partial charge in [-0.3, -0.25) is 9.59 Å². The highest BCUT2D eigenvalue weighted by molar-refractivity contribution is 6.18. The summed E-state index contributed by atoms with van der Waals surface area (Å²) in [6.07, 6.45) is 0.0208. The first-order chi connectivity index (χ1) is 6.56. The summed E-state index contributed by atoms with van der Waals surface area (Å²) in [4.78, 5) is 22.3. The first-order valence-corrected chi connectivity index (χ1v) is 4.81. The Hall–Kier alpha value is -0.810. The summed E-state index contributed by atoms with van der Waals surface area (Å²) in [5, 5.41) is 16.9. The summed E-state index contributed by atoms with van der Waals surface area (Å²) in [7, 11) is 0. The van der Waals surface area contributed by atoms with Crippen LogP contribution in [0.3, 0.4) is 0 Å². The summed E-state index contributed by atoms with van der Waals surface area (Å²) < 4.78 is 0. The van der Waals surface area contributed by atoms with Gasteiger partial charge in [0, 0.05) is 25.5 Å². The highest BCUT2D eigenvalue weighted by Gasteiger charge is 2.08. The topological polar surface area (TPSA) is 77.8 Å². The summed E-state index contributed by atoms with van der Waals surface area (Å²) >= 11 is 5.49. The van der Waals surface area contributed by atoms with Crippen molar-refractivity contribution >= 4 is 23.5 Å². The van der Waals surface area contributed by atoms with E-state index in [9.17, 15) is 9.59 Å². The van der Waals surface area contributed by atoms with Crippen molar-refractivity contribution in [3.63, 3.8) is 0 Å². The lowest BCUT2D eigenvalue weighted by Crippen LogP contribution is -2.30. The van der Waals surface area contributed by atoms with Crippen LogP contribution in [0, 0.1) is 0 Å². The molecule has 6 heteroatoms. The summed E-state index contributed by atoms with van der Waals surface area (Å²) in [5.74, 6) is -1.40. The zero-order valence-electron chi connectivity index (χ0n) is 7.78. The van der Waals surface area contributed by atoms with Crippen LogP contribution in [-0.2, 0) is 9.59 Å². The first kappa shape index (κ1) is 13.2. The van der Waals surface area contributed by atoms with Gasteiger partial charge in [-0.25, -0.2) is 0 Å². The Kier molecular flexibility index (Phi) is 7.14. The maximum absolute atomic E-state index is 10.3. The number of carbonyl (C=O) groups is 2. The van der Waals surface area contributed by atoms with E-state index in [0.717, 1.165) is 0 Å². The Balaban J connectivity index is 3.76. The lowest BCUT2D eigenvalue weighted by atomic mass is 10.3. The average Bonchev–Trinajstić information content (AvgIpc) is 2.09. The van der Waals surface area contributed by atoms with Crippen LogP contribution in [-0.4, -0.2) is 52.6 Å². The highest BCUT2D eigenvalue weighted by atomic mass is 35.5. The molecule has 5 nitrogen and oxygen atoms in total. The van der Waals surface area contributed by atoms with Gasteiger partial charge >= 0.3 is 11.9 Å². The lowest BCUT2D eigenvalue weighted by Gasteiger charge is -2.18. The molecular formula is C8H14ClNO4. The maximum atomic E-state index is 10.3. The van der Waals surface area contributed by atoms with Crippen molar-refractivity contribution in [1.82, 2.24) is 4.90 Å². The van der Waals surface area contributed by atoms with Crippen molar-refractivity contribution < 1.29 is 19.8 Å². The minimum atomic E-state index is -0.889. The molecule has 0 aromatic rings. The molecule has 0 spiro atoms. The van der Waals surface area contributed by atoms with Gasteiger partial charge in [-0.15, -0.1) is 11.6 Å².